The highest BCUT2D eigenvalue weighted by atomic mass is 16.5. The molecule has 0 aliphatic heterocycles. The van der Waals surface area contributed by atoms with Crippen molar-refractivity contribution in [3.63, 3.8) is 0 Å². The van der Waals surface area contributed by atoms with Crippen LogP contribution in [-0.2, 0) is 9.47 Å². The zero-order valence-corrected chi connectivity index (χ0v) is 18.9. The van der Waals surface area contributed by atoms with Gasteiger partial charge in [0.25, 0.3) is 0 Å². The molecule has 4 nitrogen and oxygen atoms in total. The molecular weight excluding hydrogens is 424 g/mol. The maximum Gasteiger partial charge on any atom is 0.338 e. The summed E-state index contributed by atoms with van der Waals surface area (Å²) in [5.41, 5.74) is 4.67. The summed E-state index contributed by atoms with van der Waals surface area (Å²) in [4.78, 5) is 24.5. The monoisotopic (exact) mass is 446 g/mol. The van der Waals surface area contributed by atoms with E-state index >= 15 is 0 Å². The van der Waals surface area contributed by atoms with Crippen LogP contribution in [0.3, 0.4) is 0 Å². The first-order valence-corrected chi connectivity index (χ1v) is 10.9. The van der Waals surface area contributed by atoms with Crippen molar-refractivity contribution in [1.82, 2.24) is 0 Å². The van der Waals surface area contributed by atoms with Crippen molar-refractivity contribution in [2.24, 2.45) is 0 Å². The Kier molecular flexibility index (Phi) is 5.56. The number of hydrogen-bond donors (Lipinski definition) is 0. The minimum absolute atomic E-state index is 0.353. The van der Waals surface area contributed by atoms with E-state index in [1.807, 2.05) is 48.5 Å². The third kappa shape index (κ3) is 3.80. The van der Waals surface area contributed by atoms with Gasteiger partial charge in [-0.1, -0.05) is 60.7 Å². The fraction of sp³-hybridized carbons (Fsp3) is 0.0667. The fourth-order valence-corrected chi connectivity index (χ4v) is 4.38. The molecule has 0 atom stereocenters. The first-order chi connectivity index (χ1) is 16.6. The average Bonchev–Trinajstić information content (AvgIpc) is 2.90. The molecule has 0 saturated carbocycles. The topological polar surface area (TPSA) is 52.6 Å². The number of hydrogen-bond acceptors (Lipinski definition) is 4. The van der Waals surface area contributed by atoms with Crippen LogP contribution in [0.25, 0.3) is 43.8 Å². The van der Waals surface area contributed by atoms with Gasteiger partial charge in [0.1, 0.15) is 0 Å². The standard InChI is InChI=1S/C30H22O4/c1-33-29(31)27-9-5-3-7-25(27)21-13-11-19-16-24-18-22(14-12-20(24)15-23(19)17-21)26-8-4-6-10-28(26)30(32)34-2/h3-18H,1-2H3. The van der Waals surface area contributed by atoms with E-state index < -0.39 is 0 Å². The van der Waals surface area contributed by atoms with E-state index in [1.54, 1.807) is 12.1 Å². The van der Waals surface area contributed by atoms with Gasteiger partial charge in [-0.2, -0.15) is 0 Å². The van der Waals surface area contributed by atoms with Crippen molar-refractivity contribution in [3.8, 4) is 22.3 Å². The van der Waals surface area contributed by atoms with Gasteiger partial charge >= 0.3 is 11.9 Å². The molecule has 5 rings (SSSR count). The van der Waals surface area contributed by atoms with Crippen LogP contribution >= 0.6 is 0 Å². The van der Waals surface area contributed by atoms with E-state index in [0.717, 1.165) is 43.8 Å². The van der Waals surface area contributed by atoms with Crippen LogP contribution in [0.15, 0.2) is 97.1 Å². The van der Waals surface area contributed by atoms with Crippen molar-refractivity contribution in [3.05, 3.63) is 108 Å². The van der Waals surface area contributed by atoms with E-state index in [0.29, 0.717) is 11.1 Å². The molecule has 5 aromatic carbocycles. The number of carbonyl (C=O) groups excluding carboxylic acids is 2. The minimum atomic E-state index is -0.353. The van der Waals surface area contributed by atoms with E-state index in [1.165, 1.54) is 14.2 Å². The number of esters is 2. The minimum Gasteiger partial charge on any atom is -0.465 e. The van der Waals surface area contributed by atoms with Gasteiger partial charge in [0.05, 0.1) is 25.3 Å². The van der Waals surface area contributed by atoms with Gasteiger partial charge in [-0.15, -0.1) is 0 Å². The highest BCUT2D eigenvalue weighted by Crippen LogP contribution is 2.33. The number of methoxy groups -OCH3 is 2. The van der Waals surface area contributed by atoms with Crippen LogP contribution in [0.4, 0.5) is 0 Å². The highest BCUT2D eigenvalue weighted by Gasteiger charge is 2.14. The average molecular weight is 447 g/mol. The van der Waals surface area contributed by atoms with Crippen LogP contribution in [0.2, 0.25) is 0 Å². The van der Waals surface area contributed by atoms with E-state index in [4.69, 9.17) is 9.47 Å². The molecule has 34 heavy (non-hydrogen) atoms. The second kappa shape index (κ2) is 8.83. The number of ether oxygens (including phenoxy) is 2. The third-order valence-electron chi connectivity index (χ3n) is 6.08. The van der Waals surface area contributed by atoms with Crippen molar-refractivity contribution in [2.75, 3.05) is 14.2 Å². The molecule has 0 bridgehead atoms. The number of fused-ring (bicyclic) bond motifs is 2. The Bertz CT molecular complexity index is 1450. The predicted octanol–water partition coefficient (Wildman–Crippen LogP) is 6.90. The zero-order valence-electron chi connectivity index (χ0n) is 18.9. The van der Waals surface area contributed by atoms with Gasteiger partial charge in [0, 0.05) is 0 Å². The maximum absolute atomic E-state index is 12.2. The van der Waals surface area contributed by atoms with Crippen LogP contribution in [-0.4, -0.2) is 26.2 Å². The van der Waals surface area contributed by atoms with Crippen LogP contribution in [0.1, 0.15) is 20.7 Å². The summed E-state index contributed by atoms with van der Waals surface area (Å²) in [5.74, 6) is -0.706. The SMILES string of the molecule is COC(=O)c1ccccc1-c1ccc2cc3cc(-c4ccccc4C(=O)OC)ccc3cc2c1. The molecule has 0 radical (unpaired) electrons. The smallest absolute Gasteiger partial charge is 0.338 e. The lowest BCUT2D eigenvalue weighted by Crippen LogP contribution is -2.03. The number of carbonyl (C=O) groups is 2. The highest BCUT2D eigenvalue weighted by molar-refractivity contribution is 6.04. The second-order valence-corrected chi connectivity index (χ2v) is 8.05. The molecule has 0 unspecified atom stereocenters. The normalized spacial score (nSPS) is 10.9. The van der Waals surface area contributed by atoms with Crippen molar-refractivity contribution in [2.45, 2.75) is 0 Å². The Morgan fingerprint density at radius 3 is 1.32 bits per heavy atom. The van der Waals surface area contributed by atoms with Gasteiger partial charge in [0.2, 0.25) is 0 Å². The lowest BCUT2D eigenvalue weighted by Gasteiger charge is -2.11. The second-order valence-electron chi connectivity index (χ2n) is 8.05. The van der Waals surface area contributed by atoms with Gasteiger partial charge in [-0.05, 0) is 80.2 Å². The molecule has 0 amide bonds. The molecule has 0 aromatic heterocycles. The van der Waals surface area contributed by atoms with E-state index in [-0.39, 0.29) is 11.9 Å². The largest absolute Gasteiger partial charge is 0.465 e. The molecule has 0 aliphatic carbocycles. The van der Waals surface area contributed by atoms with E-state index in [2.05, 4.69) is 36.4 Å². The molecule has 4 heteroatoms. The molecule has 0 N–H and O–H groups in total. The first kappa shape index (κ1) is 21.4. The molecule has 0 saturated heterocycles. The van der Waals surface area contributed by atoms with Gasteiger partial charge in [-0.3, -0.25) is 0 Å². The summed E-state index contributed by atoms with van der Waals surface area (Å²) in [7, 11) is 2.78. The molecule has 0 fully saturated rings. The molecule has 5 aromatic rings. The van der Waals surface area contributed by atoms with Crippen LogP contribution < -0.4 is 0 Å². The first-order valence-electron chi connectivity index (χ1n) is 10.9. The Morgan fingerprint density at radius 1 is 0.500 bits per heavy atom. The molecule has 0 spiro atoms. The Balaban J connectivity index is 1.61. The summed E-state index contributed by atoms with van der Waals surface area (Å²) >= 11 is 0. The number of benzene rings is 5. The lowest BCUT2D eigenvalue weighted by atomic mass is 9.94. The number of rotatable bonds is 4. The Hall–Kier alpha value is -4.44. The zero-order chi connectivity index (χ0) is 23.7. The predicted molar refractivity (Wildman–Crippen MR) is 135 cm³/mol. The van der Waals surface area contributed by atoms with Gasteiger partial charge in [-0.25, -0.2) is 9.59 Å². The quantitative estimate of drug-likeness (QED) is 0.223. The molecular formula is C30H22O4. The fourth-order valence-electron chi connectivity index (χ4n) is 4.38. The van der Waals surface area contributed by atoms with Crippen molar-refractivity contribution < 1.29 is 19.1 Å². The third-order valence-corrected chi connectivity index (χ3v) is 6.08. The molecule has 0 aliphatic rings. The van der Waals surface area contributed by atoms with Gasteiger partial charge < -0.3 is 9.47 Å². The Labute approximate surface area is 197 Å². The lowest BCUT2D eigenvalue weighted by molar-refractivity contribution is 0.0592. The molecule has 0 heterocycles. The van der Waals surface area contributed by atoms with Gasteiger partial charge in [0.15, 0.2) is 0 Å². The summed E-state index contributed by atoms with van der Waals surface area (Å²) in [5, 5.41) is 4.33. The molecule has 166 valence electrons. The maximum atomic E-state index is 12.2. The van der Waals surface area contributed by atoms with Crippen LogP contribution in [0.5, 0.6) is 0 Å². The summed E-state index contributed by atoms with van der Waals surface area (Å²) in [6, 6.07) is 31.6. The van der Waals surface area contributed by atoms with E-state index in [9.17, 15) is 9.59 Å². The van der Waals surface area contributed by atoms with Crippen LogP contribution in [0, 0.1) is 0 Å². The van der Waals surface area contributed by atoms with Crippen molar-refractivity contribution in [1.29, 1.82) is 0 Å². The summed E-state index contributed by atoms with van der Waals surface area (Å²) in [6.07, 6.45) is 0. The Morgan fingerprint density at radius 2 is 0.912 bits per heavy atom. The summed E-state index contributed by atoms with van der Waals surface area (Å²) < 4.78 is 9.91. The van der Waals surface area contributed by atoms with Crippen molar-refractivity contribution >= 4 is 33.5 Å². The summed E-state index contributed by atoms with van der Waals surface area (Å²) in [6.45, 7) is 0.